The lowest BCUT2D eigenvalue weighted by molar-refractivity contribution is -0.143. The molecule has 0 aliphatic heterocycles. The normalized spacial score (nSPS) is 13.0. The van der Waals surface area contributed by atoms with Crippen molar-refractivity contribution in [3.8, 4) is 0 Å². The fourth-order valence-electron chi connectivity index (χ4n) is 8.42. The maximum Gasteiger partial charge on any atom is 0.305 e. The van der Waals surface area contributed by atoms with Crippen molar-refractivity contribution in [2.24, 2.45) is 0 Å². The van der Waals surface area contributed by atoms with Gasteiger partial charge in [0, 0.05) is 12.8 Å². The minimum Gasteiger partial charge on any atom is -0.466 e. The van der Waals surface area contributed by atoms with E-state index in [1.54, 1.807) is 6.08 Å². The molecule has 6 nitrogen and oxygen atoms in total. The molecule has 0 aliphatic rings. The Morgan fingerprint density at radius 2 is 0.800 bits per heavy atom. The van der Waals surface area contributed by atoms with Gasteiger partial charge in [-0.2, -0.15) is 0 Å². The number of allylic oxidation sites excluding steroid dienone is 7. The van der Waals surface area contributed by atoms with Crippen molar-refractivity contribution in [3.05, 3.63) is 48.6 Å². The van der Waals surface area contributed by atoms with Crippen molar-refractivity contribution in [2.45, 2.75) is 302 Å². The Kier molecular flexibility index (Phi) is 52.6. The number of carbonyl (C=O) groups excluding carboxylic acids is 2. The van der Waals surface area contributed by atoms with E-state index in [9.17, 15) is 19.8 Å². The van der Waals surface area contributed by atoms with Gasteiger partial charge in [-0.1, -0.05) is 249 Å². The monoisotopic (exact) mass is 912 g/mol. The van der Waals surface area contributed by atoms with Gasteiger partial charge in [0.05, 0.1) is 25.4 Å². The number of ether oxygens (including phenoxy) is 1. The van der Waals surface area contributed by atoms with Crippen molar-refractivity contribution >= 4 is 11.9 Å². The molecule has 380 valence electrons. The van der Waals surface area contributed by atoms with Crippen LogP contribution in [0.5, 0.6) is 0 Å². The van der Waals surface area contributed by atoms with Gasteiger partial charge in [0.1, 0.15) is 0 Å². The van der Waals surface area contributed by atoms with E-state index >= 15 is 0 Å². The summed E-state index contributed by atoms with van der Waals surface area (Å²) in [5.41, 5.74) is 0. The summed E-state index contributed by atoms with van der Waals surface area (Å²) in [6.07, 6.45) is 68.6. The number of carbonyl (C=O) groups is 2. The number of amides is 1. The molecule has 0 saturated carbocycles. The van der Waals surface area contributed by atoms with Crippen molar-refractivity contribution in [1.82, 2.24) is 5.32 Å². The second-order valence-electron chi connectivity index (χ2n) is 19.3. The zero-order valence-electron chi connectivity index (χ0n) is 43.2. The number of esters is 1. The van der Waals surface area contributed by atoms with Crippen LogP contribution in [0.25, 0.3) is 0 Å². The number of hydrogen-bond donors (Lipinski definition) is 3. The highest BCUT2D eigenvalue weighted by atomic mass is 16.5. The zero-order chi connectivity index (χ0) is 47.2. The fraction of sp³-hybridized carbons (Fsp3) is 0.831. The Morgan fingerprint density at radius 3 is 1.26 bits per heavy atom. The van der Waals surface area contributed by atoms with Crippen molar-refractivity contribution in [1.29, 1.82) is 0 Å². The van der Waals surface area contributed by atoms with E-state index in [0.717, 1.165) is 83.5 Å². The van der Waals surface area contributed by atoms with Gasteiger partial charge in [-0.05, 0) is 77.0 Å². The lowest BCUT2D eigenvalue weighted by atomic mass is 10.0. The summed E-state index contributed by atoms with van der Waals surface area (Å²) in [4.78, 5) is 24.5. The van der Waals surface area contributed by atoms with Crippen molar-refractivity contribution in [3.63, 3.8) is 0 Å². The first kappa shape index (κ1) is 62.8. The van der Waals surface area contributed by atoms with Gasteiger partial charge in [0.15, 0.2) is 0 Å². The third kappa shape index (κ3) is 51.1. The first-order valence-electron chi connectivity index (χ1n) is 28.4. The van der Waals surface area contributed by atoms with Gasteiger partial charge in [-0.3, -0.25) is 9.59 Å². The quantitative estimate of drug-likeness (QED) is 0.0321. The van der Waals surface area contributed by atoms with E-state index < -0.39 is 12.1 Å². The molecule has 0 aromatic carbocycles. The molecule has 3 N–H and O–H groups in total. The van der Waals surface area contributed by atoms with Gasteiger partial charge in [0.25, 0.3) is 0 Å². The number of nitrogens with one attached hydrogen (secondary N) is 1. The van der Waals surface area contributed by atoms with Crippen LogP contribution in [-0.2, 0) is 14.3 Å². The maximum atomic E-state index is 12.5. The SMILES string of the molecule is CCCC/C=C\C/C=C\CCCCCCCC(=O)OCCCCCC/C=C\CCCC(=O)NC(CO)C(O)/C=C/CCCCCCCCCCCCCCCCCCCCCCCCC. The van der Waals surface area contributed by atoms with Crippen LogP contribution in [-0.4, -0.2) is 47.4 Å². The third-order valence-corrected chi connectivity index (χ3v) is 12.8. The minimum absolute atomic E-state index is 0.0526. The van der Waals surface area contributed by atoms with Gasteiger partial charge >= 0.3 is 5.97 Å². The Bertz CT molecular complexity index is 1100. The highest BCUT2D eigenvalue weighted by Crippen LogP contribution is 2.16. The molecule has 65 heavy (non-hydrogen) atoms. The average Bonchev–Trinajstić information content (AvgIpc) is 3.31. The molecule has 0 saturated heterocycles. The van der Waals surface area contributed by atoms with Crippen LogP contribution in [0.1, 0.15) is 290 Å². The molecule has 0 bridgehead atoms. The highest BCUT2D eigenvalue weighted by Gasteiger charge is 2.18. The average molecular weight is 913 g/mol. The molecule has 1 amide bonds. The van der Waals surface area contributed by atoms with Crippen LogP contribution >= 0.6 is 0 Å². The van der Waals surface area contributed by atoms with Gasteiger partial charge in [0.2, 0.25) is 5.91 Å². The molecule has 0 spiro atoms. The lowest BCUT2D eigenvalue weighted by Gasteiger charge is -2.19. The third-order valence-electron chi connectivity index (χ3n) is 12.8. The largest absolute Gasteiger partial charge is 0.466 e. The molecule has 0 rings (SSSR count). The van der Waals surface area contributed by atoms with Crippen LogP contribution < -0.4 is 5.32 Å². The smallest absolute Gasteiger partial charge is 0.305 e. The number of rotatable bonds is 52. The Labute approximate surface area is 404 Å². The summed E-state index contributed by atoms with van der Waals surface area (Å²) in [5.74, 6) is -0.181. The molecule has 2 unspecified atom stereocenters. The second-order valence-corrected chi connectivity index (χ2v) is 19.3. The zero-order valence-corrected chi connectivity index (χ0v) is 43.2. The Balaban J connectivity index is 3.57. The van der Waals surface area contributed by atoms with E-state index in [-0.39, 0.29) is 18.5 Å². The molecule has 0 aliphatic carbocycles. The summed E-state index contributed by atoms with van der Waals surface area (Å²) in [6, 6.07) is -0.669. The molecule has 0 heterocycles. The van der Waals surface area contributed by atoms with Crippen LogP contribution in [0.3, 0.4) is 0 Å². The van der Waals surface area contributed by atoms with Gasteiger partial charge in [-0.15, -0.1) is 0 Å². The summed E-state index contributed by atoms with van der Waals surface area (Å²) >= 11 is 0. The van der Waals surface area contributed by atoms with E-state index in [1.165, 1.54) is 180 Å². The summed E-state index contributed by atoms with van der Waals surface area (Å²) in [6.45, 7) is 4.77. The molecule has 2 atom stereocenters. The second kappa shape index (κ2) is 54.4. The van der Waals surface area contributed by atoms with E-state index in [2.05, 4.69) is 55.6 Å². The minimum atomic E-state index is -0.878. The van der Waals surface area contributed by atoms with Crippen molar-refractivity contribution in [2.75, 3.05) is 13.2 Å². The number of hydrogen-bond acceptors (Lipinski definition) is 5. The number of aliphatic hydroxyl groups is 2. The van der Waals surface area contributed by atoms with Crippen LogP contribution in [0, 0.1) is 0 Å². The molecule has 0 radical (unpaired) electrons. The number of unbranched alkanes of at least 4 members (excludes halogenated alkanes) is 35. The van der Waals surface area contributed by atoms with Crippen LogP contribution in [0.2, 0.25) is 0 Å². The molecule has 0 fully saturated rings. The van der Waals surface area contributed by atoms with E-state index in [1.807, 2.05) is 6.08 Å². The molecule has 0 aromatic rings. The Hall–Kier alpha value is -2.18. The number of aliphatic hydroxyl groups excluding tert-OH is 2. The van der Waals surface area contributed by atoms with Gasteiger partial charge in [-0.25, -0.2) is 0 Å². The van der Waals surface area contributed by atoms with Crippen LogP contribution in [0.15, 0.2) is 48.6 Å². The first-order valence-corrected chi connectivity index (χ1v) is 28.4. The predicted molar refractivity (Wildman–Crippen MR) is 282 cm³/mol. The fourth-order valence-corrected chi connectivity index (χ4v) is 8.42. The first-order chi connectivity index (χ1) is 32.0. The summed E-state index contributed by atoms with van der Waals surface area (Å²) in [7, 11) is 0. The maximum absolute atomic E-state index is 12.5. The standard InChI is InChI=1S/C59H109NO5/c1-3-5-7-9-11-13-15-17-19-20-21-22-23-24-25-26-27-28-29-30-32-35-39-43-47-51-57(62)56(55-61)60-58(63)52-48-44-40-36-34-38-42-46-50-54-65-59(64)53-49-45-41-37-33-31-18-16-14-12-10-8-6-4-2/h10,12,16,18,36,40,47,51,56-57,61-62H,3-9,11,13-15,17,19-35,37-39,41-46,48-50,52-55H2,1-2H3,(H,60,63)/b12-10-,18-16-,40-36-,51-47+. The summed E-state index contributed by atoms with van der Waals surface area (Å²) < 4.78 is 5.43. The summed E-state index contributed by atoms with van der Waals surface area (Å²) in [5, 5.41) is 23.1. The van der Waals surface area contributed by atoms with E-state index in [0.29, 0.717) is 19.4 Å². The predicted octanol–water partition coefficient (Wildman–Crippen LogP) is 17.4. The molecular formula is C59H109NO5. The molecule has 6 heteroatoms. The molecule has 0 aromatic heterocycles. The van der Waals surface area contributed by atoms with Crippen molar-refractivity contribution < 1.29 is 24.5 Å². The Morgan fingerprint density at radius 1 is 0.431 bits per heavy atom. The van der Waals surface area contributed by atoms with E-state index in [4.69, 9.17) is 4.74 Å². The molecular weight excluding hydrogens is 803 g/mol. The van der Waals surface area contributed by atoms with Crippen LogP contribution in [0.4, 0.5) is 0 Å². The highest BCUT2D eigenvalue weighted by molar-refractivity contribution is 5.76. The van der Waals surface area contributed by atoms with Gasteiger partial charge < -0.3 is 20.3 Å². The lowest BCUT2D eigenvalue weighted by Crippen LogP contribution is -2.45. The topological polar surface area (TPSA) is 95.9 Å².